The number of hydrogen-bond donors (Lipinski definition) is 3. The van der Waals surface area contributed by atoms with Crippen LogP contribution in [0.3, 0.4) is 0 Å². The summed E-state index contributed by atoms with van der Waals surface area (Å²) in [5, 5.41) is 9.70. The maximum absolute atomic E-state index is 12.2. The van der Waals surface area contributed by atoms with Gasteiger partial charge in [0.25, 0.3) is 0 Å². The molecule has 0 radical (unpaired) electrons. The fourth-order valence-electron chi connectivity index (χ4n) is 3.25. The van der Waals surface area contributed by atoms with Crippen molar-refractivity contribution in [3.8, 4) is 0 Å². The second-order valence-corrected chi connectivity index (χ2v) is 6.58. The minimum absolute atomic E-state index is 0.0293. The van der Waals surface area contributed by atoms with Gasteiger partial charge in [-0.25, -0.2) is 0 Å². The van der Waals surface area contributed by atoms with Crippen LogP contribution < -0.4 is 16.0 Å². The van der Waals surface area contributed by atoms with Crippen LogP contribution in [-0.2, 0) is 9.53 Å². The predicted octanol–water partition coefficient (Wildman–Crippen LogP) is 1.85. The Morgan fingerprint density at radius 3 is 2.52 bits per heavy atom. The first kappa shape index (κ1) is 17.8. The Hall–Kier alpha value is -1.59. The molecular weight excluding hydrogens is 290 g/mol. The van der Waals surface area contributed by atoms with Crippen molar-refractivity contribution < 1.29 is 9.53 Å². The van der Waals surface area contributed by atoms with Crippen LogP contribution in [-0.4, -0.2) is 45.8 Å². The third-order valence-electron chi connectivity index (χ3n) is 4.68. The van der Waals surface area contributed by atoms with Crippen LogP contribution in [0.25, 0.3) is 0 Å². The van der Waals surface area contributed by atoms with E-state index in [1.807, 2.05) is 6.07 Å². The first-order valence-electron chi connectivity index (χ1n) is 8.33. The highest BCUT2D eigenvalue weighted by Crippen LogP contribution is 2.28. The number of carbonyl (C=O) groups is 1. The molecule has 0 aromatic heterocycles. The Labute approximate surface area is 139 Å². The number of ether oxygens (including phenoxy) is 1. The lowest BCUT2D eigenvalue weighted by Crippen LogP contribution is -2.48. The van der Waals surface area contributed by atoms with E-state index in [1.165, 1.54) is 0 Å². The highest BCUT2D eigenvalue weighted by atomic mass is 16.5. The quantitative estimate of drug-likeness (QED) is 0.718. The van der Waals surface area contributed by atoms with Crippen molar-refractivity contribution in [3.63, 3.8) is 0 Å². The Kier molecular flexibility index (Phi) is 6.42. The van der Waals surface area contributed by atoms with E-state index in [-0.39, 0.29) is 11.3 Å². The van der Waals surface area contributed by atoms with Gasteiger partial charge in [-0.15, -0.1) is 0 Å². The molecule has 1 amide bonds. The minimum atomic E-state index is 0.0293. The summed E-state index contributed by atoms with van der Waals surface area (Å²) in [4.78, 5) is 12.2. The summed E-state index contributed by atoms with van der Waals surface area (Å²) in [6.07, 6.45) is 2.07. The number of anilines is 1. The van der Waals surface area contributed by atoms with E-state index < -0.39 is 0 Å². The van der Waals surface area contributed by atoms with E-state index in [0.717, 1.165) is 42.7 Å². The number of amides is 1. The van der Waals surface area contributed by atoms with E-state index in [0.29, 0.717) is 19.7 Å². The highest BCUT2D eigenvalue weighted by Gasteiger charge is 2.32. The molecular formula is C18H29N3O2. The van der Waals surface area contributed by atoms with E-state index in [1.54, 1.807) is 7.11 Å². The summed E-state index contributed by atoms with van der Waals surface area (Å²) < 4.78 is 5.38. The fraction of sp³-hybridized carbons (Fsp3) is 0.611. The maximum atomic E-state index is 12.2. The van der Waals surface area contributed by atoms with Crippen molar-refractivity contribution in [3.05, 3.63) is 29.3 Å². The Bertz CT molecular complexity index is 499. The molecule has 2 rings (SSSR count). The molecule has 0 atom stereocenters. The number of nitrogens with one attached hydrogen (secondary N) is 3. The van der Waals surface area contributed by atoms with Gasteiger partial charge in [-0.2, -0.15) is 0 Å². The molecule has 1 aliphatic heterocycles. The monoisotopic (exact) mass is 319 g/mol. The van der Waals surface area contributed by atoms with Crippen molar-refractivity contribution in [1.82, 2.24) is 10.6 Å². The molecule has 1 aliphatic rings. The van der Waals surface area contributed by atoms with Gasteiger partial charge in [-0.1, -0.05) is 18.2 Å². The third kappa shape index (κ3) is 4.94. The Morgan fingerprint density at radius 2 is 1.91 bits per heavy atom. The second-order valence-electron chi connectivity index (χ2n) is 6.58. The zero-order chi connectivity index (χ0) is 16.7. The third-order valence-corrected chi connectivity index (χ3v) is 4.68. The Balaban J connectivity index is 1.84. The normalized spacial score (nSPS) is 16.8. The summed E-state index contributed by atoms with van der Waals surface area (Å²) in [6.45, 7) is 7.74. The molecule has 1 fully saturated rings. The van der Waals surface area contributed by atoms with Crippen molar-refractivity contribution in [1.29, 1.82) is 0 Å². The van der Waals surface area contributed by atoms with Crippen LogP contribution in [0.5, 0.6) is 0 Å². The largest absolute Gasteiger partial charge is 0.384 e. The minimum Gasteiger partial charge on any atom is -0.384 e. The molecule has 5 nitrogen and oxygen atoms in total. The molecule has 0 unspecified atom stereocenters. The average Bonchev–Trinajstić information content (AvgIpc) is 2.54. The number of methoxy groups -OCH3 is 1. The van der Waals surface area contributed by atoms with E-state index in [4.69, 9.17) is 4.74 Å². The summed E-state index contributed by atoms with van der Waals surface area (Å²) in [5.74, 6) is 0.0293. The van der Waals surface area contributed by atoms with Crippen molar-refractivity contribution in [2.24, 2.45) is 5.41 Å². The molecule has 0 saturated carbocycles. The van der Waals surface area contributed by atoms with Gasteiger partial charge < -0.3 is 20.7 Å². The van der Waals surface area contributed by atoms with Crippen LogP contribution in [0.4, 0.5) is 5.69 Å². The van der Waals surface area contributed by atoms with Gasteiger partial charge in [0.15, 0.2) is 0 Å². The van der Waals surface area contributed by atoms with Crippen molar-refractivity contribution in [2.45, 2.75) is 26.7 Å². The highest BCUT2D eigenvalue weighted by molar-refractivity contribution is 5.81. The number of hydrogen-bond acceptors (Lipinski definition) is 4. The molecule has 0 bridgehead atoms. The van der Waals surface area contributed by atoms with Gasteiger partial charge in [0, 0.05) is 24.8 Å². The topological polar surface area (TPSA) is 62.4 Å². The van der Waals surface area contributed by atoms with Crippen LogP contribution in [0.15, 0.2) is 18.2 Å². The number of para-hydroxylation sites is 1. The lowest BCUT2D eigenvalue weighted by atomic mass is 9.79. The van der Waals surface area contributed by atoms with E-state index >= 15 is 0 Å². The molecule has 1 saturated heterocycles. The van der Waals surface area contributed by atoms with Crippen LogP contribution in [0, 0.1) is 19.3 Å². The van der Waals surface area contributed by atoms with Gasteiger partial charge in [0.1, 0.15) is 0 Å². The van der Waals surface area contributed by atoms with Crippen LogP contribution in [0.2, 0.25) is 0 Å². The molecule has 3 N–H and O–H groups in total. The fourth-order valence-corrected chi connectivity index (χ4v) is 3.25. The van der Waals surface area contributed by atoms with E-state index in [9.17, 15) is 4.79 Å². The number of aryl methyl sites for hydroxylation is 2. The van der Waals surface area contributed by atoms with Crippen LogP contribution >= 0.6 is 0 Å². The second kappa shape index (κ2) is 8.31. The molecule has 5 heteroatoms. The molecule has 23 heavy (non-hydrogen) atoms. The SMILES string of the molecule is COCC1(CNC(=O)CNc2c(C)cccc2C)CCNCC1. The first-order chi connectivity index (χ1) is 11.1. The van der Waals surface area contributed by atoms with Gasteiger partial charge in [-0.05, 0) is 50.9 Å². The zero-order valence-corrected chi connectivity index (χ0v) is 14.5. The van der Waals surface area contributed by atoms with Crippen LogP contribution in [0.1, 0.15) is 24.0 Å². The summed E-state index contributed by atoms with van der Waals surface area (Å²) >= 11 is 0. The van der Waals surface area contributed by atoms with Gasteiger partial charge in [0.2, 0.25) is 5.91 Å². The first-order valence-corrected chi connectivity index (χ1v) is 8.33. The standard InChI is InChI=1S/C18H29N3O2/c1-14-5-4-6-15(2)17(14)20-11-16(22)21-12-18(13-23-3)7-9-19-10-8-18/h4-6,19-20H,7-13H2,1-3H3,(H,21,22). The predicted molar refractivity (Wildman–Crippen MR) is 93.8 cm³/mol. The average molecular weight is 319 g/mol. The van der Waals surface area contributed by atoms with Crippen molar-refractivity contribution >= 4 is 11.6 Å². The molecule has 0 aliphatic carbocycles. The zero-order valence-electron chi connectivity index (χ0n) is 14.5. The Morgan fingerprint density at radius 1 is 1.26 bits per heavy atom. The number of carbonyl (C=O) groups excluding carboxylic acids is 1. The lowest BCUT2D eigenvalue weighted by molar-refractivity contribution is -0.120. The van der Waals surface area contributed by atoms with Gasteiger partial charge in [-0.3, -0.25) is 4.79 Å². The molecule has 128 valence electrons. The summed E-state index contributed by atoms with van der Waals surface area (Å²) in [6, 6.07) is 6.13. The molecule has 1 aromatic rings. The number of piperidine rings is 1. The van der Waals surface area contributed by atoms with E-state index in [2.05, 4.69) is 41.9 Å². The van der Waals surface area contributed by atoms with Crippen molar-refractivity contribution in [2.75, 3.05) is 45.2 Å². The summed E-state index contributed by atoms with van der Waals surface area (Å²) in [5.41, 5.74) is 3.43. The molecule has 0 spiro atoms. The lowest BCUT2D eigenvalue weighted by Gasteiger charge is -2.37. The number of benzene rings is 1. The smallest absolute Gasteiger partial charge is 0.239 e. The van der Waals surface area contributed by atoms with Gasteiger partial charge in [0.05, 0.1) is 13.2 Å². The maximum Gasteiger partial charge on any atom is 0.239 e. The molecule has 1 aromatic carbocycles. The summed E-state index contributed by atoms with van der Waals surface area (Å²) in [7, 11) is 1.73. The van der Waals surface area contributed by atoms with Gasteiger partial charge >= 0.3 is 0 Å². The molecule has 1 heterocycles. The number of rotatable bonds is 7.